The molecular formula is C117H123Br6N3. The van der Waals surface area contributed by atoms with Crippen LogP contribution in [0.3, 0.4) is 0 Å². The lowest BCUT2D eigenvalue weighted by molar-refractivity contribution is 0.389. The van der Waals surface area contributed by atoms with Gasteiger partial charge in [0.05, 0.1) is 0 Å². The molecule has 3 aliphatic rings. The average Bonchev–Trinajstić information content (AvgIpc) is 1.48. The van der Waals surface area contributed by atoms with Crippen LogP contribution in [0.2, 0.25) is 0 Å². The van der Waals surface area contributed by atoms with Gasteiger partial charge in [0, 0.05) is 94.3 Å². The summed E-state index contributed by atoms with van der Waals surface area (Å²) in [5.41, 5.74) is 36.1. The SMILES string of the molecule is CCCCCCC1(CCCCCC)c2cc(-c3ccc(N(c4ccc(Br)cc4)c4ccc(Br)cc4)cc3)ccc2-c2c1c1c(c3c2C(CCCCCC)(CCCCCC)c2cc(-c4ccc(N(c5ccc(Br)cc5)c5ccc(Br)cc5)cc4)ccc2-3)C(CCCCCC)(CCCCCC)c2cc(-c3ccc(N(c4ccc(Br)cc4)c4ccc(Br)cc4)cc3)ccc2-1. The zero-order chi connectivity index (χ0) is 87.3. The standard InChI is InChI=1S/C117H123Br6N3/c1-7-13-19-25-73-115(74-26-20-14-8-2)106-79-85(82-31-52-94(53-32-82)124(97-58-40-88(118)41-59-97)98-60-42-89(119)43-61-98)37-70-103(106)109-112(115)110-104-71-38-86(83-33-54-95(55-34-83)125(99-62-44-90(120)45-63-99)100-64-46-91(121)47-65-100)80-107(104)116(75-27-21-15-9-3,76-28-22-16-10-4)114(110)111-105-72-39-87(81-108(105)117(113(109)111,77-29-23-17-11-5)78-30-24-18-12-6)84-35-56-96(57-36-84)126(101-66-48-92(122)49-67-101)102-68-50-93(123)51-69-102/h31-72,79-81H,7-30,73-78H2,1-6H3. The quantitative estimate of drug-likeness (QED) is 0.0353. The highest BCUT2D eigenvalue weighted by atomic mass is 79.9. The second-order valence-corrected chi connectivity index (χ2v) is 41.6. The summed E-state index contributed by atoms with van der Waals surface area (Å²) >= 11 is 22.6. The van der Waals surface area contributed by atoms with Gasteiger partial charge in [-0.05, 0) is 339 Å². The minimum atomic E-state index is -0.290. The first-order valence-electron chi connectivity index (χ1n) is 47.6. The molecule has 0 fully saturated rings. The Morgan fingerprint density at radius 3 is 0.508 bits per heavy atom. The topological polar surface area (TPSA) is 9.72 Å². The Bertz CT molecular complexity index is 5040. The first kappa shape index (κ1) is 91.5. The molecule has 0 aliphatic heterocycles. The third-order valence-corrected chi connectivity index (χ3v) is 31.1. The summed E-state index contributed by atoms with van der Waals surface area (Å²) in [6, 6.07) is 106. The van der Waals surface area contributed by atoms with Crippen molar-refractivity contribution in [2.24, 2.45) is 0 Å². The summed E-state index contributed by atoms with van der Waals surface area (Å²) < 4.78 is 6.39. The highest BCUT2D eigenvalue weighted by molar-refractivity contribution is 9.11. The zero-order valence-corrected chi connectivity index (χ0v) is 84.3. The van der Waals surface area contributed by atoms with Gasteiger partial charge < -0.3 is 14.7 Å². The lowest BCUT2D eigenvalue weighted by Gasteiger charge is -2.40. The van der Waals surface area contributed by atoms with Gasteiger partial charge in [-0.1, -0.05) is 364 Å². The number of nitrogens with zero attached hydrogens (tertiary/aromatic N) is 3. The number of unbranched alkanes of at least 4 members (excludes halogenated alkanes) is 18. The number of benzene rings is 13. The number of anilines is 9. The minimum absolute atomic E-state index is 0.290. The predicted octanol–water partition coefficient (Wildman–Crippen LogP) is 40.3. The largest absolute Gasteiger partial charge is 0.311 e. The van der Waals surface area contributed by atoms with E-state index in [9.17, 15) is 0 Å². The summed E-state index contributed by atoms with van der Waals surface area (Å²) in [5.74, 6) is 0. The monoisotopic (exact) mass is 2040 g/mol. The highest BCUT2D eigenvalue weighted by Gasteiger charge is 2.58. The van der Waals surface area contributed by atoms with Crippen molar-refractivity contribution < 1.29 is 0 Å². The Morgan fingerprint density at radius 2 is 0.341 bits per heavy atom. The molecule has 0 atom stereocenters. The molecule has 16 rings (SSSR count). The molecule has 648 valence electrons. The maximum Gasteiger partial charge on any atom is 0.0462 e. The molecule has 0 heterocycles. The van der Waals surface area contributed by atoms with E-state index >= 15 is 0 Å². The third-order valence-electron chi connectivity index (χ3n) is 28.0. The van der Waals surface area contributed by atoms with Crippen molar-refractivity contribution in [1.29, 1.82) is 0 Å². The highest BCUT2D eigenvalue weighted by Crippen LogP contribution is 2.72. The summed E-state index contributed by atoms with van der Waals surface area (Å²) in [4.78, 5) is 7.19. The van der Waals surface area contributed by atoms with Crippen molar-refractivity contribution in [3.05, 3.63) is 333 Å². The van der Waals surface area contributed by atoms with Gasteiger partial charge in [-0.3, -0.25) is 0 Å². The molecule has 13 aromatic carbocycles. The molecule has 9 heteroatoms. The van der Waals surface area contributed by atoms with Gasteiger partial charge in [0.25, 0.3) is 0 Å². The van der Waals surface area contributed by atoms with E-state index in [1.165, 1.54) is 204 Å². The van der Waals surface area contributed by atoms with Crippen LogP contribution in [0.5, 0.6) is 0 Å². The molecule has 0 radical (unpaired) electrons. The van der Waals surface area contributed by atoms with E-state index in [0.717, 1.165) is 117 Å². The molecule has 0 aromatic heterocycles. The van der Waals surface area contributed by atoms with Gasteiger partial charge in [0.2, 0.25) is 0 Å². The van der Waals surface area contributed by atoms with E-state index in [0.29, 0.717) is 0 Å². The zero-order valence-electron chi connectivity index (χ0n) is 74.8. The van der Waals surface area contributed by atoms with Gasteiger partial charge in [0.1, 0.15) is 0 Å². The number of rotatable bonds is 42. The Labute approximate surface area is 804 Å². The van der Waals surface area contributed by atoms with Crippen LogP contribution in [-0.4, -0.2) is 0 Å². The van der Waals surface area contributed by atoms with Crippen LogP contribution in [0.4, 0.5) is 51.2 Å². The van der Waals surface area contributed by atoms with Crippen LogP contribution in [0.25, 0.3) is 66.8 Å². The molecule has 0 bridgehead atoms. The lowest BCUT2D eigenvalue weighted by atomic mass is 9.63. The Balaban J connectivity index is 0.983. The van der Waals surface area contributed by atoms with E-state index in [2.05, 4.69) is 425 Å². The molecule has 0 N–H and O–H groups in total. The fourth-order valence-electron chi connectivity index (χ4n) is 21.8. The number of hydrogen-bond donors (Lipinski definition) is 0. The second-order valence-electron chi connectivity index (χ2n) is 36.1. The third kappa shape index (κ3) is 19.2. The predicted molar refractivity (Wildman–Crippen MR) is 564 cm³/mol. The number of halogens is 6. The maximum atomic E-state index is 3.77. The summed E-state index contributed by atoms with van der Waals surface area (Å²) in [6.45, 7) is 14.5. The molecule has 3 nitrogen and oxygen atoms in total. The molecule has 0 saturated heterocycles. The minimum Gasteiger partial charge on any atom is -0.311 e. The fourth-order valence-corrected chi connectivity index (χ4v) is 23.3. The van der Waals surface area contributed by atoms with Crippen molar-refractivity contribution in [2.75, 3.05) is 14.7 Å². The van der Waals surface area contributed by atoms with Gasteiger partial charge >= 0.3 is 0 Å². The van der Waals surface area contributed by atoms with Crippen molar-refractivity contribution in [3.8, 4) is 66.8 Å². The Hall–Kier alpha value is -7.86. The first-order valence-corrected chi connectivity index (χ1v) is 52.4. The molecule has 0 amide bonds. The van der Waals surface area contributed by atoms with Crippen molar-refractivity contribution >= 4 is 147 Å². The number of fused-ring (bicyclic) bond motifs is 12. The summed E-state index contributed by atoms with van der Waals surface area (Å²) in [7, 11) is 0. The summed E-state index contributed by atoms with van der Waals surface area (Å²) in [6.07, 6.45) is 35.8. The van der Waals surface area contributed by atoms with Crippen molar-refractivity contribution in [1.82, 2.24) is 0 Å². The van der Waals surface area contributed by atoms with Crippen LogP contribution in [0.1, 0.15) is 268 Å². The van der Waals surface area contributed by atoms with Crippen molar-refractivity contribution in [3.63, 3.8) is 0 Å². The molecule has 13 aromatic rings. The van der Waals surface area contributed by atoms with Gasteiger partial charge in [-0.25, -0.2) is 0 Å². The van der Waals surface area contributed by atoms with Crippen LogP contribution in [0.15, 0.2) is 300 Å². The molecule has 3 aliphatic carbocycles. The fraction of sp³-hybridized carbons (Fsp3) is 0.333. The average molecular weight is 2050 g/mol. The molecular weight excluding hydrogens is 1930 g/mol. The molecule has 126 heavy (non-hydrogen) atoms. The Morgan fingerprint density at radius 1 is 0.183 bits per heavy atom. The smallest absolute Gasteiger partial charge is 0.0462 e. The molecule has 0 saturated carbocycles. The second kappa shape index (κ2) is 42.4. The number of hydrogen-bond acceptors (Lipinski definition) is 3. The van der Waals surface area contributed by atoms with Crippen LogP contribution >= 0.6 is 95.6 Å². The molecule has 0 unspecified atom stereocenters. The van der Waals surface area contributed by atoms with Gasteiger partial charge in [-0.2, -0.15) is 0 Å². The van der Waals surface area contributed by atoms with Crippen LogP contribution in [-0.2, 0) is 16.2 Å². The van der Waals surface area contributed by atoms with E-state index in [4.69, 9.17) is 0 Å². The molecule has 0 spiro atoms. The van der Waals surface area contributed by atoms with Gasteiger partial charge in [-0.15, -0.1) is 0 Å². The van der Waals surface area contributed by atoms with Crippen molar-refractivity contribution in [2.45, 2.75) is 250 Å². The Kier molecular flexibility index (Phi) is 30.7. The lowest BCUT2D eigenvalue weighted by Crippen LogP contribution is -2.31. The van der Waals surface area contributed by atoms with E-state index in [-0.39, 0.29) is 16.2 Å². The first-order chi connectivity index (χ1) is 61.7. The maximum absolute atomic E-state index is 3.77. The normalized spacial score (nSPS) is 13.4. The van der Waals surface area contributed by atoms with E-state index in [1.807, 2.05) is 0 Å². The van der Waals surface area contributed by atoms with Crippen LogP contribution < -0.4 is 14.7 Å². The van der Waals surface area contributed by atoms with E-state index in [1.54, 1.807) is 50.1 Å². The summed E-state index contributed by atoms with van der Waals surface area (Å²) in [5, 5.41) is 0. The van der Waals surface area contributed by atoms with Gasteiger partial charge in [0.15, 0.2) is 0 Å². The van der Waals surface area contributed by atoms with E-state index < -0.39 is 0 Å². The van der Waals surface area contributed by atoms with Crippen LogP contribution in [0, 0.1) is 0 Å².